The topological polar surface area (TPSA) is 61.4 Å². The lowest BCUT2D eigenvalue weighted by Gasteiger charge is -2.22. The van der Waals surface area contributed by atoms with E-state index >= 15 is 0 Å². The zero-order chi connectivity index (χ0) is 14.5. The summed E-state index contributed by atoms with van der Waals surface area (Å²) in [5.41, 5.74) is 3.10. The van der Waals surface area contributed by atoms with Gasteiger partial charge in [0.25, 0.3) is 5.91 Å². The van der Waals surface area contributed by atoms with Crippen LogP contribution in [-0.4, -0.2) is 30.2 Å². The average molecular weight is 276 g/mol. The predicted molar refractivity (Wildman–Crippen MR) is 79.6 cm³/mol. The highest BCUT2D eigenvalue weighted by Gasteiger charge is 2.19. The van der Waals surface area contributed by atoms with Crippen LogP contribution in [0.1, 0.15) is 41.8 Å². The van der Waals surface area contributed by atoms with Crippen molar-refractivity contribution >= 4 is 5.91 Å². The van der Waals surface area contributed by atoms with Gasteiger partial charge in [-0.25, -0.2) is 0 Å². The molecule has 3 N–H and O–H groups in total. The molecule has 1 aromatic rings. The van der Waals surface area contributed by atoms with Crippen molar-refractivity contribution in [1.82, 2.24) is 10.6 Å². The molecule has 1 atom stereocenters. The van der Waals surface area contributed by atoms with E-state index in [4.69, 9.17) is 0 Å². The largest absolute Gasteiger partial charge is 0.394 e. The van der Waals surface area contributed by atoms with Gasteiger partial charge in [-0.2, -0.15) is 0 Å². The summed E-state index contributed by atoms with van der Waals surface area (Å²) < 4.78 is 0. The highest BCUT2D eigenvalue weighted by molar-refractivity contribution is 5.96. The van der Waals surface area contributed by atoms with E-state index in [1.807, 2.05) is 12.1 Å². The fourth-order valence-corrected chi connectivity index (χ4v) is 2.76. The first-order chi connectivity index (χ1) is 9.61. The van der Waals surface area contributed by atoms with Crippen molar-refractivity contribution in [2.75, 3.05) is 13.2 Å². The van der Waals surface area contributed by atoms with Gasteiger partial charge in [0, 0.05) is 12.1 Å². The number of carbonyl (C=O) groups is 1. The summed E-state index contributed by atoms with van der Waals surface area (Å²) >= 11 is 0. The van der Waals surface area contributed by atoms with E-state index in [0.29, 0.717) is 5.92 Å². The number of aliphatic hydroxyl groups excluding tert-OH is 1. The van der Waals surface area contributed by atoms with Gasteiger partial charge in [0.15, 0.2) is 0 Å². The summed E-state index contributed by atoms with van der Waals surface area (Å²) in [5.74, 6) is 0.379. The number of carbonyl (C=O) groups excluding carboxylic acids is 1. The molecule has 1 amide bonds. The van der Waals surface area contributed by atoms with Crippen molar-refractivity contribution in [2.24, 2.45) is 5.92 Å². The Bertz CT molecular complexity index is 472. The Kier molecular flexibility index (Phi) is 5.15. The summed E-state index contributed by atoms with van der Waals surface area (Å²) in [6.07, 6.45) is 1.67. The van der Waals surface area contributed by atoms with E-state index in [0.717, 1.165) is 37.1 Å². The molecule has 0 aromatic heterocycles. The SMILES string of the molecule is CC(C)CC(CO)NC(=O)c1cccc2c1CCNC2. The molecule has 110 valence electrons. The summed E-state index contributed by atoms with van der Waals surface area (Å²) in [6, 6.07) is 5.70. The van der Waals surface area contributed by atoms with Gasteiger partial charge in [-0.15, -0.1) is 0 Å². The maximum Gasteiger partial charge on any atom is 0.251 e. The van der Waals surface area contributed by atoms with E-state index in [-0.39, 0.29) is 18.6 Å². The third-order valence-electron chi connectivity index (χ3n) is 3.70. The number of amides is 1. The normalized spacial score (nSPS) is 15.8. The van der Waals surface area contributed by atoms with Gasteiger partial charge in [-0.05, 0) is 42.5 Å². The quantitative estimate of drug-likeness (QED) is 0.763. The molecule has 1 aliphatic rings. The predicted octanol–water partition coefficient (Wildman–Crippen LogP) is 1.47. The molecule has 1 heterocycles. The van der Waals surface area contributed by atoms with Gasteiger partial charge in [-0.3, -0.25) is 4.79 Å². The molecule has 0 saturated carbocycles. The van der Waals surface area contributed by atoms with E-state index in [1.165, 1.54) is 5.56 Å². The Balaban J connectivity index is 2.13. The Hall–Kier alpha value is -1.39. The zero-order valence-corrected chi connectivity index (χ0v) is 12.3. The molecule has 1 aliphatic heterocycles. The van der Waals surface area contributed by atoms with Crippen LogP contribution in [0.25, 0.3) is 0 Å². The second kappa shape index (κ2) is 6.86. The Labute approximate surface area is 120 Å². The monoisotopic (exact) mass is 276 g/mol. The lowest BCUT2D eigenvalue weighted by atomic mass is 9.94. The summed E-state index contributed by atoms with van der Waals surface area (Å²) in [5, 5.41) is 15.7. The lowest BCUT2D eigenvalue weighted by molar-refractivity contribution is 0.0907. The lowest BCUT2D eigenvalue weighted by Crippen LogP contribution is -2.39. The molecule has 0 saturated heterocycles. The minimum Gasteiger partial charge on any atom is -0.394 e. The molecule has 2 rings (SSSR count). The average Bonchev–Trinajstić information content (AvgIpc) is 2.45. The van der Waals surface area contributed by atoms with Gasteiger partial charge >= 0.3 is 0 Å². The molecule has 0 bridgehead atoms. The van der Waals surface area contributed by atoms with Crippen molar-refractivity contribution in [3.63, 3.8) is 0 Å². The first-order valence-electron chi connectivity index (χ1n) is 7.35. The van der Waals surface area contributed by atoms with Crippen LogP contribution in [0.3, 0.4) is 0 Å². The molecular weight excluding hydrogens is 252 g/mol. The maximum atomic E-state index is 12.4. The van der Waals surface area contributed by atoms with E-state index in [9.17, 15) is 9.90 Å². The highest BCUT2D eigenvalue weighted by Crippen LogP contribution is 2.19. The molecule has 4 nitrogen and oxygen atoms in total. The van der Waals surface area contributed by atoms with Crippen molar-refractivity contribution in [1.29, 1.82) is 0 Å². The van der Waals surface area contributed by atoms with Gasteiger partial charge in [0.1, 0.15) is 0 Å². The van der Waals surface area contributed by atoms with Crippen LogP contribution in [0.4, 0.5) is 0 Å². The molecule has 1 unspecified atom stereocenters. The van der Waals surface area contributed by atoms with E-state index in [1.54, 1.807) is 0 Å². The number of hydrogen-bond donors (Lipinski definition) is 3. The molecule has 0 radical (unpaired) electrons. The molecule has 0 fully saturated rings. The molecule has 4 heteroatoms. The molecule has 0 spiro atoms. The number of hydrogen-bond acceptors (Lipinski definition) is 3. The van der Waals surface area contributed by atoms with Crippen LogP contribution in [0, 0.1) is 5.92 Å². The number of nitrogens with one attached hydrogen (secondary N) is 2. The van der Waals surface area contributed by atoms with Crippen LogP contribution in [0.5, 0.6) is 0 Å². The standard InChI is InChI=1S/C16H24N2O2/c1-11(2)8-13(10-19)18-16(20)15-5-3-4-12-9-17-7-6-14(12)15/h3-5,11,13,17,19H,6-10H2,1-2H3,(H,18,20). The number of benzene rings is 1. The molecule has 0 aliphatic carbocycles. The van der Waals surface area contributed by atoms with Crippen LogP contribution in [0.2, 0.25) is 0 Å². The van der Waals surface area contributed by atoms with Crippen LogP contribution in [0.15, 0.2) is 18.2 Å². The highest BCUT2D eigenvalue weighted by atomic mass is 16.3. The van der Waals surface area contributed by atoms with Crippen molar-refractivity contribution < 1.29 is 9.90 Å². The Morgan fingerprint density at radius 3 is 2.95 bits per heavy atom. The van der Waals surface area contributed by atoms with Gasteiger partial charge in [-0.1, -0.05) is 26.0 Å². The first-order valence-corrected chi connectivity index (χ1v) is 7.35. The van der Waals surface area contributed by atoms with Crippen molar-refractivity contribution in [3.05, 3.63) is 34.9 Å². The second-order valence-electron chi connectivity index (χ2n) is 5.85. The van der Waals surface area contributed by atoms with Crippen molar-refractivity contribution in [3.8, 4) is 0 Å². The summed E-state index contributed by atoms with van der Waals surface area (Å²) in [7, 11) is 0. The number of fused-ring (bicyclic) bond motifs is 1. The Morgan fingerprint density at radius 2 is 2.25 bits per heavy atom. The zero-order valence-electron chi connectivity index (χ0n) is 12.3. The van der Waals surface area contributed by atoms with Crippen LogP contribution in [-0.2, 0) is 13.0 Å². The summed E-state index contributed by atoms with van der Waals surface area (Å²) in [4.78, 5) is 12.4. The second-order valence-corrected chi connectivity index (χ2v) is 5.85. The maximum absolute atomic E-state index is 12.4. The molecular formula is C16H24N2O2. The van der Waals surface area contributed by atoms with Gasteiger partial charge in [0.05, 0.1) is 12.6 Å². The third kappa shape index (κ3) is 3.58. The molecule has 20 heavy (non-hydrogen) atoms. The van der Waals surface area contributed by atoms with Crippen LogP contribution >= 0.6 is 0 Å². The third-order valence-corrected chi connectivity index (χ3v) is 3.70. The Morgan fingerprint density at radius 1 is 1.45 bits per heavy atom. The minimum absolute atomic E-state index is 0.0134. The van der Waals surface area contributed by atoms with E-state index in [2.05, 4.69) is 30.5 Å². The fourth-order valence-electron chi connectivity index (χ4n) is 2.76. The smallest absolute Gasteiger partial charge is 0.251 e. The number of rotatable bonds is 5. The molecule has 1 aromatic carbocycles. The first kappa shape index (κ1) is 15.0. The van der Waals surface area contributed by atoms with Gasteiger partial charge < -0.3 is 15.7 Å². The fraction of sp³-hybridized carbons (Fsp3) is 0.562. The minimum atomic E-state index is -0.167. The van der Waals surface area contributed by atoms with E-state index < -0.39 is 0 Å². The number of aliphatic hydroxyl groups is 1. The van der Waals surface area contributed by atoms with Crippen LogP contribution < -0.4 is 10.6 Å². The van der Waals surface area contributed by atoms with Crippen molar-refractivity contribution in [2.45, 2.75) is 39.3 Å². The van der Waals surface area contributed by atoms with Gasteiger partial charge in [0.2, 0.25) is 0 Å². The summed E-state index contributed by atoms with van der Waals surface area (Å²) in [6.45, 7) is 5.90.